The van der Waals surface area contributed by atoms with Gasteiger partial charge in [-0.3, -0.25) is 9.78 Å². The van der Waals surface area contributed by atoms with Gasteiger partial charge in [-0.2, -0.15) is 0 Å². The second kappa shape index (κ2) is 8.07. The van der Waals surface area contributed by atoms with Gasteiger partial charge in [0.15, 0.2) is 6.10 Å². The molecule has 1 aromatic carbocycles. The molecule has 0 spiro atoms. The fraction of sp³-hybridized carbons (Fsp3) is 0.500. The van der Waals surface area contributed by atoms with Gasteiger partial charge in [0.05, 0.1) is 11.1 Å². The lowest BCUT2D eigenvalue weighted by molar-refractivity contribution is -0.129. The van der Waals surface area contributed by atoms with Gasteiger partial charge < -0.3 is 10.1 Å². The summed E-state index contributed by atoms with van der Waals surface area (Å²) in [6, 6.07) is 7.65. The second-order valence-corrected chi connectivity index (χ2v) is 7.96. The number of amides is 1. The van der Waals surface area contributed by atoms with Crippen LogP contribution in [0, 0.1) is 11.8 Å². The largest absolute Gasteiger partial charge is 0.449 e. The number of fused-ring (bicyclic) bond motifs is 2. The third-order valence-corrected chi connectivity index (χ3v) is 5.05. The number of benzene rings is 1. The van der Waals surface area contributed by atoms with E-state index in [0.717, 1.165) is 41.4 Å². The molecule has 1 aliphatic carbocycles. The van der Waals surface area contributed by atoms with E-state index >= 15 is 0 Å². The standard InChI is InChI=1S/C22H28N2O3/c1-13(2)12-23-21(25)15(4)27-22(26)20-16-7-5-6-8-18(16)24-19-10-9-14(3)11-17(19)20/h5-8,13-15H,9-12H2,1-4H3,(H,23,25). The number of carbonyl (C=O) groups is 2. The molecule has 5 nitrogen and oxygen atoms in total. The van der Waals surface area contributed by atoms with Gasteiger partial charge >= 0.3 is 5.97 Å². The topological polar surface area (TPSA) is 68.3 Å². The first-order valence-corrected chi connectivity index (χ1v) is 9.76. The van der Waals surface area contributed by atoms with E-state index in [0.29, 0.717) is 23.9 Å². The van der Waals surface area contributed by atoms with E-state index in [2.05, 4.69) is 12.2 Å². The van der Waals surface area contributed by atoms with Crippen LogP contribution >= 0.6 is 0 Å². The number of para-hydroxylation sites is 1. The molecule has 3 rings (SSSR count). The first kappa shape index (κ1) is 19.3. The van der Waals surface area contributed by atoms with Crippen LogP contribution in [-0.4, -0.2) is 29.5 Å². The Bertz CT molecular complexity index is 860. The molecule has 27 heavy (non-hydrogen) atoms. The molecule has 1 heterocycles. The first-order chi connectivity index (χ1) is 12.9. The van der Waals surface area contributed by atoms with Crippen molar-refractivity contribution in [3.63, 3.8) is 0 Å². The van der Waals surface area contributed by atoms with Gasteiger partial charge in [0.1, 0.15) is 0 Å². The molecule has 5 heteroatoms. The van der Waals surface area contributed by atoms with Gasteiger partial charge in [-0.05, 0) is 49.7 Å². The minimum Gasteiger partial charge on any atom is -0.449 e. The van der Waals surface area contributed by atoms with Crippen LogP contribution in [0.15, 0.2) is 24.3 Å². The highest BCUT2D eigenvalue weighted by atomic mass is 16.5. The zero-order valence-electron chi connectivity index (χ0n) is 16.5. The number of carbonyl (C=O) groups excluding carboxylic acids is 2. The molecule has 1 aromatic heterocycles. The lowest BCUT2D eigenvalue weighted by atomic mass is 9.84. The molecule has 144 valence electrons. The number of hydrogen-bond acceptors (Lipinski definition) is 4. The quantitative estimate of drug-likeness (QED) is 0.818. The summed E-state index contributed by atoms with van der Waals surface area (Å²) >= 11 is 0. The summed E-state index contributed by atoms with van der Waals surface area (Å²) in [5.74, 6) is 0.136. The van der Waals surface area contributed by atoms with Gasteiger partial charge in [0, 0.05) is 17.6 Å². The SMILES string of the molecule is CC(C)CNC(=O)C(C)OC(=O)c1c2c(nc3ccccc13)CCC(C)C2. The zero-order chi connectivity index (χ0) is 19.6. The van der Waals surface area contributed by atoms with E-state index in [1.165, 1.54) is 0 Å². The number of aryl methyl sites for hydroxylation is 1. The second-order valence-electron chi connectivity index (χ2n) is 7.96. The Balaban J connectivity index is 1.91. The number of hydrogen-bond donors (Lipinski definition) is 1. The van der Waals surface area contributed by atoms with Crippen molar-refractivity contribution in [1.82, 2.24) is 10.3 Å². The van der Waals surface area contributed by atoms with Crippen LogP contribution in [0.2, 0.25) is 0 Å². The zero-order valence-corrected chi connectivity index (χ0v) is 16.5. The van der Waals surface area contributed by atoms with Crippen LogP contribution in [-0.2, 0) is 22.4 Å². The molecular formula is C22H28N2O3. The van der Waals surface area contributed by atoms with Crippen LogP contribution in [0.1, 0.15) is 55.7 Å². The maximum atomic E-state index is 13.1. The molecular weight excluding hydrogens is 340 g/mol. The molecule has 0 radical (unpaired) electrons. The molecule has 1 amide bonds. The number of ether oxygens (including phenoxy) is 1. The Morgan fingerprint density at radius 1 is 1.26 bits per heavy atom. The van der Waals surface area contributed by atoms with Crippen molar-refractivity contribution >= 4 is 22.8 Å². The number of nitrogens with zero attached hydrogens (tertiary/aromatic N) is 1. The number of pyridine rings is 1. The molecule has 0 aliphatic heterocycles. The molecule has 2 aromatic rings. The van der Waals surface area contributed by atoms with Crippen LogP contribution in [0.3, 0.4) is 0 Å². The van der Waals surface area contributed by atoms with Gasteiger partial charge in [-0.1, -0.05) is 39.0 Å². The maximum absolute atomic E-state index is 13.1. The number of aromatic nitrogens is 1. The predicted molar refractivity (Wildman–Crippen MR) is 106 cm³/mol. The highest BCUT2D eigenvalue weighted by Gasteiger charge is 2.28. The van der Waals surface area contributed by atoms with Crippen molar-refractivity contribution in [2.75, 3.05) is 6.54 Å². The van der Waals surface area contributed by atoms with Crippen LogP contribution in [0.5, 0.6) is 0 Å². The van der Waals surface area contributed by atoms with E-state index in [9.17, 15) is 9.59 Å². The van der Waals surface area contributed by atoms with E-state index in [1.54, 1.807) is 6.92 Å². The van der Waals surface area contributed by atoms with E-state index in [1.807, 2.05) is 38.1 Å². The Hall–Kier alpha value is -2.43. The van der Waals surface area contributed by atoms with Crippen molar-refractivity contribution in [1.29, 1.82) is 0 Å². The lowest BCUT2D eigenvalue weighted by Gasteiger charge is -2.24. The summed E-state index contributed by atoms with van der Waals surface area (Å²) in [6.07, 6.45) is 1.91. The van der Waals surface area contributed by atoms with Gasteiger partial charge in [0.25, 0.3) is 5.91 Å². The Morgan fingerprint density at radius 3 is 2.74 bits per heavy atom. The van der Waals surface area contributed by atoms with Gasteiger partial charge in [-0.15, -0.1) is 0 Å². The molecule has 0 bridgehead atoms. The van der Waals surface area contributed by atoms with Crippen LogP contribution in [0.25, 0.3) is 10.9 Å². The van der Waals surface area contributed by atoms with Crippen molar-refractivity contribution in [2.24, 2.45) is 11.8 Å². The third kappa shape index (κ3) is 4.29. The molecule has 1 aliphatic rings. The fourth-order valence-corrected chi connectivity index (χ4v) is 3.52. The lowest BCUT2D eigenvalue weighted by Crippen LogP contribution is -2.37. The summed E-state index contributed by atoms with van der Waals surface area (Å²) in [7, 11) is 0. The number of nitrogens with one attached hydrogen (secondary N) is 1. The Labute approximate surface area is 160 Å². The molecule has 2 atom stereocenters. The molecule has 0 fully saturated rings. The highest BCUT2D eigenvalue weighted by Crippen LogP contribution is 2.32. The van der Waals surface area contributed by atoms with Crippen molar-refractivity contribution in [3.8, 4) is 0 Å². The summed E-state index contributed by atoms with van der Waals surface area (Å²) in [5.41, 5.74) is 3.34. The summed E-state index contributed by atoms with van der Waals surface area (Å²) in [6.45, 7) is 8.41. The summed E-state index contributed by atoms with van der Waals surface area (Å²) in [4.78, 5) is 30.0. The van der Waals surface area contributed by atoms with Gasteiger partial charge in [-0.25, -0.2) is 4.79 Å². The average molecular weight is 368 g/mol. The van der Waals surface area contributed by atoms with Crippen molar-refractivity contribution < 1.29 is 14.3 Å². The Morgan fingerprint density at radius 2 is 2.00 bits per heavy atom. The fourth-order valence-electron chi connectivity index (χ4n) is 3.52. The molecule has 0 saturated heterocycles. The third-order valence-electron chi connectivity index (χ3n) is 5.05. The molecule has 0 saturated carbocycles. The predicted octanol–water partition coefficient (Wildman–Crippen LogP) is 3.68. The van der Waals surface area contributed by atoms with Crippen LogP contribution in [0.4, 0.5) is 0 Å². The summed E-state index contributed by atoms with van der Waals surface area (Å²) in [5, 5.41) is 3.61. The summed E-state index contributed by atoms with van der Waals surface area (Å²) < 4.78 is 5.56. The van der Waals surface area contributed by atoms with Crippen molar-refractivity contribution in [3.05, 3.63) is 41.1 Å². The monoisotopic (exact) mass is 368 g/mol. The van der Waals surface area contributed by atoms with Crippen molar-refractivity contribution in [2.45, 2.75) is 53.1 Å². The minimum absolute atomic E-state index is 0.266. The Kier molecular flexibility index (Phi) is 5.78. The highest BCUT2D eigenvalue weighted by molar-refractivity contribution is 6.05. The smallest absolute Gasteiger partial charge is 0.339 e. The number of rotatable bonds is 5. The normalized spacial score (nSPS) is 17.4. The van der Waals surface area contributed by atoms with Crippen LogP contribution < -0.4 is 5.32 Å². The molecule has 2 unspecified atom stereocenters. The molecule has 1 N–H and O–H groups in total. The number of esters is 1. The van der Waals surface area contributed by atoms with Gasteiger partial charge in [0.2, 0.25) is 0 Å². The van der Waals surface area contributed by atoms with E-state index in [4.69, 9.17) is 9.72 Å². The van der Waals surface area contributed by atoms with E-state index in [-0.39, 0.29) is 5.91 Å². The average Bonchev–Trinajstić information content (AvgIpc) is 2.63. The first-order valence-electron chi connectivity index (χ1n) is 9.76. The maximum Gasteiger partial charge on any atom is 0.339 e. The minimum atomic E-state index is -0.833. The van der Waals surface area contributed by atoms with E-state index < -0.39 is 12.1 Å².